The van der Waals surface area contributed by atoms with E-state index in [2.05, 4.69) is 0 Å². The van der Waals surface area contributed by atoms with Gasteiger partial charge in [0, 0.05) is 5.92 Å². The summed E-state index contributed by atoms with van der Waals surface area (Å²) in [5, 5.41) is 10.9. The Morgan fingerprint density at radius 2 is 1.89 bits per heavy atom. The molecule has 0 amide bonds. The molecular formula is C13H13NO4. The Bertz CT molecular complexity index is 503. The molecule has 18 heavy (non-hydrogen) atoms. The molecule has 5 heteroatoms. The van der Waals surface area contributed by atoms with Crippen LogP contribution < -0.4 is 0 Å². The molecule has 2 atom stereocenters. The third-order valence-corrected chi connectivity index (χ3v) is 2.90. The van der Waals surface area contributed by atoms with Crippen LogP contribution in [-0.4, -0.2) is 16.6 Å². The summed E-state index contributed by atoms with van der Waals surface area (Å²) in [5.74, 6) is -0.367. The van der Waals surface area contributed by atoms with E-state index in [1.165, 1.54) is 12.9 Å². The summed E-state index contributed by atoms with van der Waals surface area (Å²) in [7, 11) is 0. The molecule has 0 saturated heterocycles. The first-order valence-corrected chi connectivity index (χ1v) is 5.43. The quantitative estimate of drug-likeness (QED) is 0.453. The predicted molar refractivity (Wildman–Crippen MR) is 65.2 cm³/mol. The van der Waals surface area contributed by atoms with Gasteiger partial charge < -0.3 is 0 Å². The first kappa shape index (κ1) is 13.8. The zero-order valence-electron chi connectivity index (χ0n) is 10.1. The summed E-state index contributed by atoms with van der Waals surface area (Å²) in [6, 6.07) is 8.49. The van der Waals surface area contributed by atoms with Gasteiger partial charge in [0.25, 0.3) is 0 Å². The first-order valence-electron chi connectivity index (χ1n) is 5.43. The molecule has 0 aromatic heterocycles. The van der Waals surface area contributed by atoms with Crippen LogP contribution in [0, 0.1) is 16.0 Å². The van der Waals surface area contributed by atoms with Crippen LogP contribution in [0.3, 0.4) is 0 Å². The van der Waals surface area contributed by atoms with Gasteiger partial charge in [-0.05, 0) is 12.5 Å². The lowest BCUT2D eigenvalue weighted by Gasteiger charge is -2.18. The summed E-state index contributed by atoms with van der Waals surface area (Å²) in [5.41, 5.74) is -0.0425. The van der Waals surface area contributed by atoms with E-state index in [4.69, 9.17) is 0 Å². The maximum absolute atomic E-state index is 11.4. The van der Waals surface area contributed by atoms with Crippen molar-refractivity contribution in [3.8, 4) is 0 Å². The van der Waals surface area contributed by atoms with Crippen molar-refractivity contribution in [2.24, 2.45) is 5.92 Å². The van der Waals surface area contributed by atoms with Crippen molar-refractivity contribution in [2.45, 2.75) is 19.8 Å². The summed E-state index contributed by atoms with van der Waals surface area (Å²) in [4.78, 5) is 32.3. The van der Waals surface area contributed by atoms with Crippen LogP contribution in [0.1, 0.15) is 25.3 Å². The summed E-state index contributed by atoms with van der Waals surface area (Å²) >= 11 is 0. The number of allylic oxidation sites excluding steroid dienone is 1. The van der Waals surface area contributed by atoms with Gasteiger partial charge in [0.05, 0.1) is 10.8 Å². The molecule has 0 saturated carbocycles. The summed E-state index contributed by atoms with van der Waals surface area (Å²) in [6.45, 7) is 2.92. The number of Topliss-reactive ketones (excluding diaryl/α,β-unsaturated/α-hetero) is 1. The zero-order valence-corrected chi connectivity index (χ0v) is 10.1. The maximum atomic E-state index is 11.4. The van der Waals surface area contributed by atoms with Gasteiger partial charge >= 0.3 is 5.70 Å². The van der Waals surface area contributed by atoms with Crippen molar-refractivity contribution < 1.29 is 14.5 Å². The topological polar surface area (TPSA) is 77.3 Å². The fourth-order valence-electron chi connectivity index (χ4n) is 1.79. The Balaban J connectivity index is 3.32. The highest BCUT2D eigenvalue weighted by atomic mass is 16.6. The van der Waals surface area contributed by atoms with E-state index in [-0.39, 0.29) is 5.78 Å². The van der Waals surface area contributed by atoms with Crippen LogP contribution in [0.5, 0.6) is 0 Å². The lowest BCUT2D eigenvalue weighted by molar-refractivity contribution is -0.428. The standard InChI is InChI=1S/C13H13NO4/c1-9(10(2)16)13(12(8-15)14(17)18)11-6-4-3-5-7-11/h3-7,9,13H,1-2H3. The van der Waals surface area contributed by atoms with Gasteiger partial charge in [-0.3, -0.25) is 14.9 Å². The third-order valence-electron chi connectivity index (χ3n) is 2.90. The molecule has 1 aromatic rings. The van der Waals surface area contributed by atoms with E-state index in [1.807, 2.05) is 0 Å². The number of carbonyl (C=O) groups is 1. The predicted octanol–water partition coefficient (Wildman–Crippen LogP) is 1.99. The molecule has 0 aliphatic rings. The minimum absolute atomic E-state index is 0.210. The van der Waals surface area contributed by atoms with Gasteiger partial charge in [-0.25, -0.2) is 4.79 Å². The molecule has 0 bridgehead atoms. The molecule has 0 N–H and O–H groups in total. The van der Waals surface area contributed by atoms with E-state index in [1.54, 1.807) is 37.3 Å². The fourth-order valence-corrected chi connectivity index (χ4v) is 1.79. The van der Waals surface area contributed by atoms with Crippen LogP contribution in [0.2, 0.25) is 0 Å². The number of rotatable bonds is 5. The largest absolute Gasteiger partial charge is 0.336 e. The van der Waals surface area contributed by atoms with Crippen molar-refractivity contribution in [1.82, 2.24) is 0 Å². The molecule has 0 radical (unpaired) electrons. The van der Waals surface area contributed by atoms with Crippen LogP contribution >= 0.6 is 0 Å². The van der Waals surface area contributed by atoms with Crippen molar-refractivity contribution in [3.05, 3.63) is 51.7 Å². The van der Waals surface area contributed by atoms with Gasteiger partial charge in [0.2, 0.25) is 5.94 Å². The van der Waals surface area contributed by atoms with Crippen LogP contribution in [0.15, 0.2) is 36.0 Å². The van der Waals surface area contributed by atoms with Gasteiger partial charge in [0.1, 0.15) is 5.78 Å². The monoisotopic (exact) mass is 247 g/mol. The molecule has 0 fully saturated rings. The second-order valence-electron chi connectivity index (χ2n) is 4.03. The van der Waals surface area contributed by atoms with E-state index >= 15 is 0 Å². The molecule has 5 nitrogen and oxygen atoms in total. The van der Waals surface area contributed by atoms with E-state index in [9.17, 15) is 19.7 Å². The SMILES string of the molecule is CC(=O)C(C)C(C(=C=O)[N+](=O)[O-])c1ccccc1. The van der Waals surface area contributed by atoms with Crippen LogP contribution in [-0.2, 0) is 9.59 Å². The lowest BCUT2D eigenvalue weighted by Crippen LogP contribution is -2.23. The first-order chi connectivity index (χ1) is 8.49. The number of benzene rings is 1. The number of hydrogen-bond acceptors (Lipinski definition) is 4. The summed E-state index contributed by atoms with van der Waals surface area (Å²) in [6.07, 6.45) is 0. The van der Waals surface area contributed by atoms with Gasteiger partial charge in [-0.1, -0.05) is 37.3 Å². The molecule has 2 unspecified atom stereocenters. The number of nitro groups is 1. The smallest absolute Gasteiger partial charge is 0.300 e. The van der Waals surface area contributed by atoms with Crippen molar-refractivity contribution in [1.29, 1.82) is 0 Å². The molecule has 0 heterocycles. The minimum Gasteiger partial charge on any atom is -0.300 e. The second kappa shape index (κ2) is 5.89. The second-order valence-corrected chi connectivity index (χ2v) is 4.03. The highest BCUT2D eigenvalue weighted by molar-refractivity contribution is 5.80. The average molecular weight is 247 g/mol. The Kier molecular flexibility index (Phi) is 4.52. The molecule has 0 spiro atoms. The molecular weight excluding hydrogens is 234 g/mol. The highest BCUT2D eigenvalue weighted by Gasteiger charge is 2.35. The number of carbonyl (C=O) groups excluding carboxylic acids is 2. The Hall–Kier alpha value is -2.26. The van der Waals surface area contributed by atoms with Crippen molar-refractivity contribution >= 4 is 11.7 Å². The zero-order chi connectivity index (χ0) is 13.7. The van der Waals surface area contributed by atoms with Gasteiger partial charge in [-0.15, -0.1) is 0 Å². The average Bonchev–Trinajstić information content (AvgIpc) is 2.35. The molecule has 0 aliphatic carbocycles. The number of ketones is 1. The number of nitrogens with zero attached hydrogens (tertiary/aromatic N) is 1. The maximum Gasteiger partial charge on any atom is 0.336 e. The van der Waals surface area contributed by atoms with E-state index < -0.39 is 22.5 Å². The molecule has 94 valence electrons. The lowest BCUT2D eigenvalue weighted by atomic mass is 9.83. The Morgan fingerprint density at radius 1 is 1.33 bits per heavy atom. The Morgan fingerprint density at radius 3 is 2.28 bits per heavy atom. The van der Waals surface area contributed by atoms with Crippen LogP contribution in [0.25, 0.3) is 0 Å². The fraction of sp³-hybridized carbons (Fsp3) is 0.308. The molecule has 1 rings (SSSR count). The normalized spacial score (nSPS) is 13.2. The Labute approximate surface area is 104 Å². The van der Waals surface area contributed by atoms with Gasteiger partial charge in [-0.2, -0.15) is 0 Å². The molecule has 1 aromatic carbocycles. The minimum atomic E-state index is -0.865. The number of hydrogen-bond donors (Lipinski definition) is 0. The van der Waals surface area contributed by atoms with Crippen LogP contribution in [0.4, 0.5) is 0 Å². The third kappa shape index (κ3) is 2.90. The highest BCUT2D eigenvalue weighted by Crippen LogP contribution is 2.31. The van der Waals surface area contributed by atoms with Crippen molar-refractivity contribution in [2.75, 3.05) is 0 Å². The van der Waals surface area contributed by atoms with E-state index in [0.29, 0.717) is 5.56 Å². The van der Waals surface area contributed by atoms with Gasteiger partial charge in [0.15, 0.2) is 0 Å². The molecule has 0 aliphatic heterocycles. The summed E-state index contributed by atoms with van der Waals surface area (Å²) < 4.78 is 0. The van der Waals surface area contributed by atoms with E-state index in [0.717, 1.165) is 0 Å². The van der Waals surface area contributed by atoms with Crippen molar-refractivity contribution in [3.63, 3.8) is 0 Å².